The predicted molar refractivity (Wildman–Crippen MR) is 61.3 cm³/mol. The van der Waals surface area contributed by atoms with Crippen molar-refractivity contribution < 1.29 is 14.6 Å². The van der Waals surface area contributed by atoms with Crippen LogP contribution < -0.4 is 15.8 Å². The van der Waals surface area contributed by atoms with E-state index in [1.54, 1.807) is 18.2 Å². The van der Waals surface area contributed by atoms with Gasteiger partial charge in [0.2, 0.25) is 5.91 Å². The third-order valence-electron chi connectivity index (χ3n) is 1.98. The second-order valence-electron chi connectivity index (χ2n) is 3.21. The predicted octanol–water partition coefficient (Wildman–Crippen LogP) is 0.343. The Morgan fingerprint density at radius 2 is 2.25 bits per heavy atom. The van der Waals surface area contributed by atoms with Gasteiger partial charge in [-0.2, -0.15) is 0 Å². The molecule has 0 aliphatic rings. The van der Waals surface area contributed by atoms with Gasteiger partial charge in [0.1, 0.15) is 11.8 Å². The van der Waals surface area contributed by atoms with Gasteiger partial charge >= 0.3 is 0 Å². The van der Waals surface area contributed by atoms with Gasteiger partial charge in [0.25, 0.3) is 0 Å². The summed E-state index contributed by atoms with van der Waals surface area (Å²) >= 11 is 0. The zero-order valence-corrected chi connectivity index (χ0v) is 9.14. The Hall–Kier alpha value is -1.59. The molecule has 0 aliphatic carbocycles. The van der Waals surface area contributed by atoms with Gasteiger partial charge in [0.15, 0.2) is 0 Å². The van der Waals surface area contributed by atoms with E-state index in [9.17, 15) is 4.79 Å². The van der Waals surface area contributed by atoms with Crippen LogP contribution in [0.5, 0.6) is 5.75 Å². The average molecular weight is 224 g/mol. The van der Waals surface area contributed by atoms with Crippen LogP contribution in [0.25, 0.3) is 0 Å². The van der Waals surface area contributed by atoms with Crippen molar-refractivity contribution in [1.82, 2.24) is 0 Å². The highest BCUT2D eigenvalue weighted by Crippen LogP contribution is 2.23. The highest BCUT2D eigenvalue weighted by Gasteiger charge is 2.13. The van der Waals surface area contributed by atoms with Crippen LogP contribution >= 0.6 is 0 Å². The second kappa shape index (κ2) is 6.09. The van der Waals surface area contributed by atoms with Crippen LogP contribution in [0.1, 0.15) is 6.92 Å². The monoisotopic (exact) mass is 224 g/mol. The Bertz CT molecular complexity index is 355. The first-order valence-electron chi connectivity index (χ1n) is 5.08. The molecule has 5 heteroatoms. The molecule has 1 aromatic carbocycles. The van der Waals surface area contributed by atoms with Crippen LogP contribution in [0, 0.1) is 0 Å². The summed E-state index contributed by atoms with van der Waals surface area (Å²) < 4.78 is 5.33. The fourth-order valence-corrected chi connectivity index (χ4v) is 1.16. The molecule has 1 aromatic rings. The maximum Gasteiger partial charge on any atom is 0.243 e. The molecular formula is C11H16N2O3. The lowest BCUT2D eigenvalue weighted by Crippen LogP contribution is -2.38. The summed E-state index contributed by atoms with van der Waals surface area (Å²) in [5, 5.41) is 11.3. The first-order valence-corrected chi connectivity index (χ1v) is 5.08. The summed E-state index contributed by atoms with van der Waals surface area (Å²) in [7, 11) is 0. The molecule has 5 nitrogen and oxygen atoms in total. The molecule has 1 rings (SSSR count). The van der Waals surface area contributed by atoms with Crippen molar-refractivity contribution in [2.45, 2.75) is 13.0 Å². The van der Waals surface area contributed by atoms with Crippen molar-refractivity contribution >= 4 is 11.6 Å². The number of rotatable bonds is 5. The highest BCUT2D eigenvalue weighted by molar-refractivity contribution is 5.95. The number of ether oxygens (including phenoxy) is 1. The molecule has 88 valence electrons. The van der Waals surface area contributed by atoms with Gasteiger partial charge in [-0.25, -0.2) is 0 Å². The normalized spacial score (nSPS) is 11.9. The number of para-hydroxylation sites is 2. The molecule has 0 aliphatic heterocycles. The average Bonchev–Trinajstić information content (AvgIpc) is 2.31. The number of carbonyl (C=O) groups is 1. The topological polar surface area (TPSA) is 84.6 Å². The van der Waals surface area contributed by atoms with E-state index in [0.717, 1.165) is 0 Å². The van der Waals surface area contributed by atoms with Gasteiger partial charge in [-0.3, -0.25) is 4.79 Å². The first kappa shape index (κ1) is 12.5. The van der Waals surface area contributed by atoms with E-state index >= 15 is 0 Å². The molecule has 1 atom stereocenters. The van der Waals surface area contributed by atoms with Crippen LogP contribution in [-0.2, 0) is 4.79 Å². The maximum absolute atomic E-state index is 11.4. The summed E-state index contributed by atoms with van der Waals surface area (Å²) in [5.74, 6) is 0.151. The molecule has 0 radical (unpaired) electrons. The minimum atomic E-state index is -0.922. The van der Waals surface area contributed by atoms with Crippen molar-refractivity contribution in [3.8, 4) is 5.75 Å². The Kier molecular flexibility index (Phi) is 4.75. The molecule has 0 bridgehead atoms. The zero-order chi connectivity index (χ0) is 12.0. The minimum absolute atomic E-state index is 0.386. The number of benzene rings is 1. The summed E-state index contributed by atoms with van der Waals surface area (Å²) in [6.07, 6.45) is 0. The van der Waals surface area contributed by atoms with Crippen molar-refractivity contribution in [1.29, 1.82) is 0 Å². The van der Waals surface area contributed by atoms with Crippen molar-refractivity contribution in [3.63, 3.8) is 0 Å². The Morgan fingerprint density at radius 1 is 1.56 bits per heavy atom. The fourth-order valence-electron chi connectivity index (χ4n) is 1.16. The lowest BCUT2D eigenvalue weighted by atomic mass is 10.2. The number of nitrogens with two attached hydrogens (primary N) is 1. The van der Waals surface area contributed by atoms with E-state index in [2.05, 4.69) is 5.32 Å². The minimum Gasteiger partial charge on any atom is -0.492 e. The lowest BCUT2D eigenvalue weighted by molar-refractivity contribution is -0.118. The number of aliphatic hydroxyl groups is 1. The SMILES string of the molecule is CCOc1ccccc1NC(=O)C(N)CO. The number of carbonyl (C=O) groups excluding carboxylic acids is 1. The maximum atomic E-state index is 11.4. The number of aliphatic hydroxyl groups excluding tert-OH is 1. The van der Waals surface area contributed by atoms with E-state index in [0.29, 0.717) is 18.0 Å². The van der Waals surface area contributed by atoms with E-state index in [4.69, 9.17) is 15.6 Å². The van der Waals surface area contributed by atoms with Crippen LogP contribution in [0.4, 0.5) is 5.69 Å². The fraction of sp³-hybridized carbons (Fsp3) is 0.364. The number of nitrogens with one attached hydrogen (secondary N) is 1. The van der Waals surface area contributed by atoms with E-state index in [1.165, 1.54) is 0 Å². The van der Waals surface area contributed by atoms with Crippen LogP contribution in [0.3, 0.4) is 0 Å². The lowest BCUT2D eigenvalue weighted by Gasteiger charge is -2.13. The van der Waals surface area contributed by atoms with Gasteiger partial charge in [0.05, 0.1) is 18.9 Å². The van der Waals surface area contributed by atoms with E-state index in [1.807, 2.05) is 13.0 Å². The molecular weight excluding hydrogens is 208 g/mol. The van der Waals surface area contributed by atoms with Gasteiger partial charge in [-0.1, -0.05) is 12.1 Å². The van der Waals surface area contributed by atoms with E-state index in [-0.39, 0.29) is 6.61 Å². The van der Waals surface area contributed by atoms with Gasteiger partial charge in [0, 0.05) is 0 Å². The largest absolute Gasteiger partial charge is 0.492 e. The van der Waals surface area contributed by atoms with Crippen LogP contribution in [0.15, 0.2) is 24.3 Å². The van der Waals surface area contributed by atoms with Crippen molar-refractivity contribution in [2.24, 2.45) is 5.73 Å². The Balaban J connectivity index is 2.76. The Morgan fingerprint density at radius 3 is 2.88 bits per heavy atom. The molecule has 16 heavy (non-hydrogen) atoms. The van der Waals surface area contributed by atoms with Crippen LogP contribution in [-0.4, -0.2) is 30.3 Å². The van der Waals surface area contributed by atoms with E-state index < -0.39 is 11.9 Å². The highest BCUT2D eigenvalue weighted by atomic mass is 16.5. The molecule has 0 fully saturated rings. The smallest absolute Gasteiger partial charge is 0.243 e. The number of anilines is 1. The van der Waals surface area contributed by atoms with Crippen molar-refractivity contribution in [2.75, 3.05) is 18.5 Å². The summed E-state index contributed by atoms with van der Waals surface area (Å²) in [5.41, 5.74) is 5.94. The van der Waals surface area contributed by atoms with Crippen LogP contribution in [0.2, 0.25) is 0 Å². The number of hydrogen-bond donors (Lipinski definition) is 3. The van der Waals surface area contributed by atoms with Gasteiger partial charge in [-0.05, 0) is 19.1 Å². The van der Waals surface area contributed by atoms with Gasteiger partial charge in [-0.15, -0.1) is 0 Å². The first-order chi connectivity index (χ1) is 7.69. The molecule has 0 heterocycles. The third kappa shape index (κ3) is 3.22. The molecule has 0 spiro atoms. The quantitative estimate of drug-likeness (QED) is 0.673. The molecule has 0 aromatic heterocycles. The molecule has 4 N–H and O–H groups in total. The Labute approximate surface area is 94.2 Å². The molecule has 1 amide bonds. The molecule has 1 unspecified atom stereocenters. The summed E-state index contributed by atoms with van der Waals surface area (Å²) in [6, 6.07) is 6.14. The standard InChI is InChI=1S/C11H16N2O3/c1-2-16-10-6-4-3-5-9(10)13-11(15)8(12)7-14/h3-6,8,14H,2,7,12H2,1H3,(H,13,15). The molecule has 0 saturated heterocycles. The summed E-state index contributed by atoms with van der Waals surface area (Å²) in [6.45, 7) is 1.99. The third-order valence-corrected chi connectivity index (χ3v) is 1.98. The number of amides is 1. The molecule has 0 saturated carbocycles. The van der Waals surface area contributed by atoms with Gasteiger partial charge < -0.3 is 20.9 Å². The van der Waals surface area contributed by atoms with Crippen molar-refractivity contribution in [3.05, 3.63) is 24.3 Å². The summed E-state index contributed by atoms with van der Waals surface area (Å²) in [4.78, 5) is 11.4. The second-order valence-corrected chi connectivity index (χ2v) is 3.21. The zero-order valence-electron chi connectivity index (χ0n) is 9.14. The number of hydrogen-bond acceptors (Lipinski definition) is 4.